The van der Waals surface area contributed by atoms with Gasteiger partial charge in [-0.2, -0.15) is 0 Å². The molecule has 0 aliphatic carbocycles. The zero-order valence-corrected chi connectivity index (χ0v) is 24.9. The summed E-state index contributed by atoms with van der Waals surface area (Å²) in [5.41, 5.74) is 1.42. The lowest BCUT2D eigenvalue weighted by molar-refractivity contribution is -0.136. The third kappa shape index (κ3) is 7.35. The van der Waals surface area contributed by atoms with Gasteiger partial charge in [0, 0.05) is 29.9 Å². The van der Waals surface area contributed by atoms with Crippen LogP contribution in [-0.4, -0.2) is 62.7 Å². The average molecular weight is 603 g/mol. The van der Waals surface area contributed by atoms with Gasteiger partial charge in [0.15, 0.2) is 23.1 Å². The van der Waals surface area contributed by atoms with E-state index in [1.54, 1.807) is 62.9 Å². The molecule has 2 amide bonds. The van der Waals surface area contributed by atoms with Crippen LogP contribution in [0.25, 0.3) is 10.9 Å². The van der Waals surface area contributed by atoms with Gasteiger partial charge in [0.25, 0.3) is 0 Å². The van der Waals surface area contributed by atoms with Crippen LogP contribution in [0.1, 0.15) is 18.4 Å². The van der Waals surface area contributed by atoms with E-state index in [9.17, 15) is 9.59 Å². The lowest BCUT2D eigenvalue weighted by Crippen LogP contribution is -2.34. The summed E-state index contributed by atoms with van der Waals surface area (Å²) in [7, 11) is 5.24. The number of methoxy groups -OCH3 is 2. The highest BCUT2D eigenvalue weighted by atomic mass is 19.1. The van der Waals surface area contributed by atoms with E-state index in [0.717, 1.165) is 37.6 Å². The maximum atomic E-state index is 15.1. The third-order valence-electron chi connectivity index (χ3n) is 7.54. The Morgan fingerprint density at radius 2 is 1.68 bits per heavy atom. The number of hydrogen-bond donors (Lipinski definition) is 2. The first-order valence-electron chi connectivity index (χ1n) is 14.3. The number of likely N-dealkylation sites (tertiary alicyclic amines) is 1. The van der Waals surface area contributed by atoms with Gasteiger partial charge in [0.2, 0.25) is 0 Å². The number of anilines is 1. The largest absolute Gasteiger partial charge is 0.497 e. The lowest BCUT2D eigenvalue weighted by atomic mass is 9.98. The van der Waals surface area contributed by atoms with Gasteiger partial charge < -0.3 is 34.5 Å². The summed E-state index contributed by atoms with van der Waals surface area (Å²) in [6.45, 7) is 2.84. The van der Waals surface area contributed by atoms with Crippen LogP contribution in [0.4, 0.5) is 10.1 Å². The molecule has 10 nitrogen and oxygen atoms in total. The highest BCUT2D eigenvalue weighted by molar-refractivity contribution is 6.39. The molecule has 230 valence electrons. The van der Waals surface area contributed by atoms with Crippen molar-refractivity contribution in [1.29, 1.82) is 0 Å². The molecular weight excluding hydrogens is 567 g/mol. The summed E-state index contributed by atoms with van der Waals surface area (Å²) in [5.74, 6) is 0.00936. The molecule has 0 saturated carbocycles. The number of ether oxygens (including phenoxy) is 4. The standard InChI is InChI=1S/C33H35FN4O6/c1-38-16-13-22(14-17-38)20-43-29-11-9-25-27(12-15-35-30(25)31(29)42-3)44-28-10-6-23(18-26(28)34)37-33(40)32(39)36-19-21-4-7-24(41-2)8-5-21/h4-12,15,18,22H,13-14,16-17,19-20H2,1-3H3,(H,36,39)(H,37,40). The zero-order valence-electron chi connectivity index (χ0n) is 24.9. The Morgan fingerprint density at radius 1 is 0.932 bits per heavy atom. The van der Waals surface area contributed by atoms with Crippen LogP contribution >= 0.6 is 0 Å². The molecule has 44 heavy (non-hydrogen) atoms. The Labute approximate surface area is 255 Å². The molecule has 1 fully saturated rings. The van der Waals surface area contributed by atoms with Crippen molar-refractivity contribution >= 4 is 28.4 Å². The molecule has 0 radical (unpaired) electrons. The third-order valence-corrected chi connectivity index (χ3v) is 7.54. The minimum Gasteiger partial charge on any atom is -0.497 e. The van der Waals surface area contributed by atoms with E-state index in [1.165, 1.54) is 12.1 Å². The molecule has 1 aromatic heterocycles. The Kier molecular flexibility index (Phi) is 9.75. The van der Waals surface area contributed by atoms with E-state index in [-0.39, 0.29) is 18.0 Å². The Bertz CT molecular complexity index is 1620. The molecule has 0 bridgehead atoms. The van der Waals surface area contributed by atoms with Gasteiger partial charge in [0.1, 0.15) is 17.0 Å². The summed E-state index contributed by atoms with van der Waals surface area (Å²) >= 11 is 0. The van der Waals surface area contributed by atoms with E-state index in [2.05, 4.69) is 27.6 Å². The van der Waals surface area contributed by atoms with Gasteiger partial charge in [-0.15, -0.1) is 0 Å². The second-order valence-electron chi connectivity index (χ2n) is 10.6. The number of hydrogen-bond acceptors (Lipinski definition) is 8. The number of carbonyl (C=O) groups is 2. The van der Waals surface area contributed by atoms with Crippen molar-refractivity contribution in [1.82, 2.24) is 15.2 Å². The highest BCUT2D eigenvalue weighted by Gasteiger charge is 2.20. The van der Waals surface area contributed by atoms with Gasteiger partial charge in [-0.3, -0.25) is 14.6 Å². The molecule has 4 aromatic rings. The number of amides is 2. The monoisotopic (exact) mass is 602 g/mol. The van der Waals surface area contributed by atoms with Crippen LogP contribution < -0.4 is 29.6 Å². The van der Waals surface area contributed by atoms with Crippen molar-refractivity contribution in [2.75, 3.05) is 46.3 Å². The fraction of sp³-hybridized carbons (Fsp3) is 0.303. The molecule has 1 aliphatic heterocycles. The van der Waals surface area contributed by atoms with Crippen molar-refractivity contribution in [2.45, 2.75) is 19.4 Å². The van der Waals surface area contributed by atoms with E-state index in [1.807, 2.05) is 0 Å². The normalized spacial score (nSPS) is 13.7. The van der Waals surface area contributed by atoms with Crippen LogP contribution in [0, 0.1) is 11.7 Å². The topological polar surface area (TPSA) is 111 Å². The predicted molar refractivity (Wildman–Crippen MR) is 164 cm³/mol. The van der Waals surface area contributed by atoms with Crippen molar-refractivity contribution in [3.63, 3.8) is 0 Å². The first-order valence-corrected chi connectivity index (χ1v) is 14.3. The molecule has 1 aliphatic rings. The number of pyridine rings is 1. The SMILES string of the molecule is COc1ccc(CNC(=O)C(=O)Nc2ccc(Oc3ccnc4c(OC)c(OCC5CCN(C)CC5)ccc34)c(F)c2)cc1. The second kappa shape index (κ2) is 14.0. The van der Waals surface area contributed by atoms with Crippen LogP contribution in [0.3, 0.4) is 0 Å². The maximum Gasteiger partial charge on any atom is 0.313 e. The fourth-order valence-electron chi connectivity index (χ4n) is 4.96. The number of piperidine rings is 1. The molecule has 0 spiro atoms. The Morgan fingerprint density at radius 3 is 2.39 bits per heavy atom. The molecule has 5 rings (SSSR count). The fourth-order valence-corrected chi connectivity index (χ4v) is 4.96. The summed E-state index contributed by atoms with van der Waals surface area (Å²) in [5, 5.41) is 5.55. The van der Waals surface area contributed by atoms with Crippen molar-refractivity contribution < 1.29 is 32.9 Å². The number of nitrogens with one attached hydrogen (secondary N) is 2. The number of aromatic nitrogens is 1. The van der Waals surface area contributed by atoms with Gasteiger partial charge >= 0.3 is 11.8 Å². The first kappa shape index (κ1) is 30.6. The highest BCUT2D eigenvalue weighted by Crippen LogP contribution is 2.40. The number of rotatable bonds is 10. The molecule has 1 saturated heterocycles. The van der Waals surface area contributed by atoms with Gasteiger partial charge in [-0.05, 0) is 86.9 Å². The number of nitrogens with zero attached hydrogens (tertiary/aromatic N) is 2. The molecule has 0 atom stereocenters. The molecule has 2 N–H and O–H groups in total. The summed E-state index contributed by atoms with van der Waals surface area (Å²) < 4.78 is 37.9. The minimum absolute atomic E-state index is 0.0685. The van der Waals surface area contributed by atoms with Crippen molar-refractivity contribution in [3.8, 4) is 28.7 Å². The smallest absolute Gasteiger partial charge is 0.313 e. The Hall–Kier alpha value is -4.90. The number of halogens is 1. The number of carbonyl (C=O) groups excluding carboxylic acids is 2. The first-order chi connectivity index (χ1) is 21.3. The van der Waals surface area contributed by atoms with Crippen LogP contribution in [-0.2, 0) is 16.1 Å². The number of fused-ring (bicyclic) bond motifs is 1. The summed E-state index contributed by atoms with van der Waals surface area (Å²) in [4.78, 5) is 31.4. The minimum atomic E-state index is -0.923. The van der Waals surface area contributed by atoms with Crippen LogP contribution in [0.15, 0.2) is 66.9 Å². The quantitative estimate of drug-likeness (QED) is 0.240. The van der Waals surface area contributed by atoms with Gasteiger partial charge in [-0.1, -0.05) is 12.1 Å². The van der Waals surface area contributed by atoms with E-state index >= 15 is 4.39 Å². The van der Waals surface area contributed by atoms with E-state index in [0.29, 0.717) is 46.4 Å². The lowest BCUT2D eigenvalue weighted by Gasteiger charge is -2.28. The van der Waals surface area contributed by atoms with Gasteiger partial charge in [-0.25, -0.2) is 4.39 Å². The van der Waals surface area contributed by atoms with Crippen molar-refractivity contribution in [3.05, 3.63) is 78.2 Å². The van der Waals surface area contributed by atoms with Crippen molar-refractivity contribution in [2.24, 2.45) is 5.92 Å². The molecule has 11 heteroatoms. The van der Waals surface area contributed by atoms with Gasteiger partial charge in [0.05, 0.1) is 20.8 Å². The molecule has 0 unspecified atom stereocenters. The average Bonchev–Trinajstić information content (AvgIpc) is 3.04. The van der Waals surface area contributed by atoms with Crippen LogP contribution in [0.2, 0.25) is 0 Å². The van der Waals surface area contributed by atoms with E-state index < -0.39 is 17.6 Å². The maximum absolute atomic E-state index is 15.1. The predicted octanol–water partition coefficient (Wildman–Crippen LogP) is 5.16. The Balaban J connectivity index is 1.22. The van der Waals surface area contributed by atoms with E-state index in [4.69, 9.17) is 18.9 Å². The molecule has 3 aromatic carbocycles. The summed E-state index contributed by atoms with van der Waals surface area (Å²) in [6.07, 6.45) is 3.71. The second-order valence-corrected chi connectivity index (χ2v) is 10.6. The molecule has 2 heterocycles. The number of benzene rings is 3. The molecular formula is C33H35FN4O6. The summed E-state index contributed by atoms with van der Waals surface area (Å²) in [6, 6.07) is 16.2. The van der Waals surface area contributed by atoms with Crippen LogP contribution in [0.5, 0.6) is 28.7 Å². The zero-order chi connectivity index (χ0) is 31.1.